The highest BCUT2D eigenvalue weighted by Crippen LogP contribution is 2.33. The van der Waals surface area contributed by atoms with Gasteiger partial charge in [-0.15, -0.1) is 0 Å². The average molecular weight is 484 g/mol. The van der Waals surface area contributed by atoms with E-state index in [1.807, 2.05) is 73.7 Å². The summed E-state index contributed by atoms with van der Waals surface area (Å²) in [5, 5.41) is 13.1. The normalized spacial score (nSPS) is 11.6. The van der Waals surface area contributed by atoms with Crippen LogP contribution in [-0.2, 0) is 6.61 Å². The Bertz CT molecular complexity index is 1610. The van der Waals surface area contributed by atoms with E-state index in [0.717, 1.165) is 38.5 Å². The van der Waals surface area contributed by atoms with Gasteiger partial charge in [0.2, 0.25) is 0 Å². The Balaban J connectivity index is 1.59. The number of nitrogens with one attached hydrogen (secondary N) is 1. The van der Waals surface area contributed by atoms with Crippen LogP contribution in [0.1, 0.15) is 22.5 Å². The maximum absolute atomic E-state index is 10.0. The van der Waals surface area contributed by atoms with Crippen molar-refractivity contribution < 1.29 is 4.74 Å². The molecule has 34 heavy (non-hydrogen) atoms. The maximum Gasteiger partial charge on any atom is 0.149 e. The summed E-state index contributed by atoms with van der Waals surface area (Å²) < 4.78 is 6.20. The molecule has 0 amide bonds. The van der Waals surface area contributed by atoms with Gasteiger partial charge in [-0.1, -0.05) is 65.7 Å². The summed E-state index contributed by atoms with van der Waals surface area (Å²) in [6.45, 7) is 2.29. The van der Waals surface area contributed by atoms with E-state index in [2.05, 4.69) is 16.0 Å². The van der Waals surface area contributed by atoms with Crippen molar-refractivity contribution in [1.29, 1.82) is 5.26 Å². The molecule has 4 aromatic carbocycles. The monoisotopic (exact) mass is 483 g/mol. The Labute approximate surface area is 207 Å². The number of allylic oxidation sites excluding steroid dienone is 1. The molecule has 0 aliphatic heterocycles. The zero-order chi connectivity index (χ0) is 23.7. The zero-order valence-electron chi connectivity index (χ0n) is 18.3. The van der Waals surface area contributed by atoms with E-state index in [1.54, 1.807) is 12.1 Å². The Morgan fingerprint density at radius 2 is 1.91 bits per heavy atom. The van der Waals surface area contributed by atoms with Crippen molar-refractivity contribution in [2.45, 2.75) is 13.5 Å². The van der Waals surface area contributed by atoms with Gasteiger partial charge in [-0.3, -0.25) is 0 Å². The Morgan fingerprint density at radius 3 is 2.74 bits per heavy atom. The molecule has 0 aliphatic carbocycles. The first kappa shape index (κ1) is 22.0. The summed E-state index contributed by atoms with van der Waals surface area (Å²) in [5.41, 5.74) is 4.87. The number of aromatic amines is 1. The molecular weight excluding hydrogens is 465 g/mol. The topological polar surface area (TPSA) is 61.7 Å². The minimum atomic E-state index is 0.265. The summed E-state index contributed by atoms with van der Waals surface area (Å²) in [6, 6.07) is 25.5. The predicted octanol–water partition coefficient (Wildman–Crippen LogP) is 7.97. The van der Waals surface area contributed by atoms with Crippen LogP contribution in [-0.4, -0.2) is 9.97 Å². The molecule has 1 heterocycles. The standard InChI is InChI=1S/C28H19Cl2N3O/c1-17-6-10-25-26(12-17)33-28(32-25)20(15-31)13-23-22-5-3-2-4-18(22)8-11-27(23)34-16-19-7-9-21(29)14-24(19)30/h2-14H,16H2,1H3,(H,32,33). The zero-order valence-corrected chi connectivity index (χ0v) is 19.8. The minimum Gasteiger partial charge on any atom is -0.488 e. The smallest absolute Gasteiger partial charge is 0.149 e. The third-order valence-electron chi connectivity index (χ3n) is 5.63. The first-order valence-corrected chi connectivity index (χ1v) is 11.4. The second-order valence-corrected chi connectivity index (χ2v) is 8.84. The molecule has 4 nitrogen and oxygen atoms in total. The molecule has 6 heteroatoms. The lowest BCUT2D eigenvalue weighted by molar-refractivity contribution is 0.306. The fourth-order valence-corrected chi connectivity index (χ4v) is 4.36. The van der Waals surface area contributed by atoms with Crippen LogP contribution in [0.5, 0.6) is 5.75 Å². The van der Waals surface area contributed by atoms with Crippen molar-refractivity contribution >= 4 is 56.7 Å². The van der Waals surface area contributed by atoms with E-state index in [-0.39, 0.29) is 6.61 Å². The number of halogens is 2. The van der Waals surface area contributed by atoms with Gasteiger partial charge in [-0.25, -0.2) is 4.98 Å². The number of fused-ring (bicyclic) bond motifs is 2. The second kappa shape index (κ2) is 9.23. The van der Waals surface area contributed by atoms with Crippen LogP contribution < -0.4 is 4.74 Å². The fraction of sp³-hybridized carbons (Fsp3) is 0.0714. The minimum absolute atomic E-state index is 0.265. The Hall–Kier alpha value is -3.78. The predicted molar refractivity (Wildman–Crippen MR) is 139 cm³/mol. The van der Waals surface area contributed by atoms with Crippen LogP contribution in [0.2, 0.25) is 10.0 Å². The number of aromatic nitrogens is 2. The van der Waals surface area contributed by atoms with Crippen LogP contribution in [0.25, 0.3) is 33.5 Å². The lowest BCUT2D eigenvalue weighted by atomic mass is 10.0. The Morgan fingerprint density at radius 1 is 1.06 bits per heavy atom. The highest BCUT2D eigenvalue weighted by Gasteiger charge is 2.13. The van der Waals surface area contributed by atoms with Crippen LogP contribution in [0.3, 0.4) is 0 Å². The number of H-pyrrole nitrogens is 1. The number of hydrogen-bond donors (Lipinski definition) is 1. The lowest BCUT2D eigenvalue weighted by Gasteiger charge is -2.13. The van der Waals surface area contributed by atoms with Gasteiger partial charge in [-0.05, 0) is 59.7 Å². The van der Waals surface area contributed by atoms with Gasteiger partial charge in [0.1, 0.15) is 24.3 Å². The molecule has 5 aromatic rings. The highest BCUT2D eigenvalue weighted by atomic mass is 35.5. The van der Waals surface area contributed by atoms with Gasteiger partial charge < -0.3 is 9.72 Å². The van der Waals surface area contributed by atoms with Crippen LogP contribution in [0, 0.1) is 18.3 Å². The molecule has 0 atom stereocenters. The quantitative estimate of drug-likeness (QED) is 0.257. The van der Waals surface area contributed by atoms with E-state index in [0.29, 0.717) is 27.2 Å². The van der Waals surface area contributed by atoms with Crippen molar-refractivity contribution in [1.82, 2.24) is 9.97 Å². The van der Waals surface area contributed by atoms with Crippen molar-refractivity contribution in [2.24, 2.45) is 0 Å². The molecule has 0 spiro atoms. The summed E-state index contributed by atoms with van der Waals surface area (Å²) in [5.74, 6) is 1.16. The second-order valence-electron chi connectivity index (χ2n) is 8.00. The van der Waals surface area contributed by atoms with E-state index in [9.17, 15) is 5.26 Å². The SMILES string of the molecule is Cc1ccc2nc(C(C#N)=Cc3c(OCc4ccc(Cl)cc4Cl)ccc4ccccc34)[nH]c2c1. The van der Waals surface area contributed by atoms with Crippen molar-refractivity contribution in [3.63, 3.8) is 0 Å². The van der Waals surface area contributed by atoms with Crippen molar-refractivity contribution in [3.8, 4) is 11.8 Å². The summed E-state index contributed by atoms with van der Waals surface area (Å²) in [7, 11) is 0. The lowest BCUT2D eigenvalue weighted by Crippen LogP contribution is -1.99. The summed E-state index contributed by atoms with van der Waals surface area (Å²) >= 11 is 12.4. The van der Waals surface area contributed by atoms with Gasteiger partial charge >= 0.3 is 0 Å². The fourth-order valence-electron chi connectivity index (χ4n) is 3.89. The number of aryl methyl sites for hydroxylation is 1. The molecule has 0 saturated heterocycles. The molecule has 0 aliphatic rings. The molecule has 0 bridgehead atoms. The Kier molecular flexibility index (Phi) is 5.98. The first-order chi connectivity index (χ1) is 16.5. The van der Waals surface area contributed by atoms with E-state index < -0.39 is 0 Å². The van der Waals surface area contributed by atoms with Crippen LogP contribution in [0.15, 0.2) is 72.8 Å². The van der Waals surface area contributed by atoms with Gasteiger partial charge in [0.25, 0.3) is 0 Å². The molecular formula is C28H19Cl2N3O. The van der Waals surface area contributed by atoms with Gasteiger partial charge in [-0.2, -0.15) is 5.26 Å². The van der Waals surface area contributed by atoms with Crippen molar-refractivity contribution in [3.05, 3.63) is 105 Å². The number of rotatable bonds is 5. The third-order valence-corrected chi connectivity index (χ3v) is 6.22. The van der Waals surface area contributed by atoms with E-state index in [4.69, 9.17) is 27.9 Å². The van der Waals surface area contributed by atoms with E-state index in [1.165, 1.54) is 0 Å². The third kappa shape index (κ3) is 4.36. The van der Waals surface area contributed by atoms with Gasteiger partial charge in [0.15, 0.2) is 0 Å². The average Bonchev–Trinajstić information content (AvgIpc) is 3.25. The van der Waals surface area contributed by atoms with E-state index >= 15 is 0 Å². The number of benzene rings is 4. The molecule has 5 rings (SSSR count). The summed E-state index contributed by atoms with van der Waals surface area (Å²) in [4.78, 5) is 7.90. The first-order valence-electron chi connectivity index (χ1n) is 10.7. The molecule has 1 N–H and O–H groups in total. The molecule has 1 aromatic heterocycles. The molecule has 0 fully saturated rings. The largest absolute Gasteiger partial charge is 0.488 e. The number of hydrogen-bond acceptors (Lipinski definition) is 3. The number of nitrogens with zero attached hydrogens (tertiary/aromatic N) is 2. The van der Waals surface area contributed by atoms with Gasteiger partial charge in [0.05, 0.1) is 16.6 Å². The number of imidazole rings is 1. The summed E-state index contributed by atoms with van der Waals surface area (Å²) in [6.07, 6.45) is 1.83. The van der Waals surface area contributed by atoms with Crippen LogP contribution >= 0.6 is 23.2 Å². The molecule has 0 saturated carbocycles. The maximum atomic E-state index is 10.0. The number of nitriles is 1. The molecule has 0 radical (unpaired) electrons. The molecule has 166 valence electrons. The van der Waals surface area contributed by atoms with Crippen LogP contribution in [0.4, 0.5) is 0 Å². The van der Waals surface area contributed by atoms with Gasteiger partial charge in [0, 0.05) is 21.2 Å². The van der Waals surface area contributed by atoms with Crippen molar-refractivity contribution in [2.75, 3.05) is 0 Å². The molecule has 0 unspecified atom stereocenters. The highest BCUT2D eigenvalue weighted by molar-refractivity contribution is 6.35. The number of ether oxygens (including phenoxy) is 1.